The Kier molecular flexibility index (Phi) is 3.38. The molecule has 0 spiro atoms. The summed E-state index contributed by atoms with van der Waals surface area (Å²) in [6.45, 7) is 0. The Morgan fingerprint density at radius 3 is 2.85 bits per heavy atom. The van der Waals surface area contributed by atoms with Gasteiger partial charge in [-0.05, 0) is 17.5 Å². The zero-order valence-electron chi connectivity index (χ0n) is 10.6. The fraction of sp³-hybridized carbons (Fsp3) is 0.0714. The molecule has 3 aromatic rings. The Balaban J connectivity index is 2.23. The summed E-state index contributed by atoms with van der Waals surface area (Å²) in [5.41, 5.74) is 7.42. The van der Waals surface area contributed by atoms with Gasteiger partial charge in [-0.25, -0.2) is 0 Å². The fourth-order valence-electron chi connectivity index (χ4n) is 2.01. The summed E-state index contributed by atoms with van der Waals surface area (Å²) < 4.78 is 10.7. The molecule has 3 rings (SSSR count). The molecule has 102 valence electrons. The smallest absolute Gasteiger partial charge is 0.190 e. The van der Waals surface area contributed by atoms with E-state index in [0.717, 1.165) is 16.2 Å². The van der Waals surface area contributed by atoms with Gasteiger partial charge in [0, 0.05) is 10.6 Å². The van der Waals surface area contributed by atoms with E-state index in [9.17, 15) is 0 Å². The molecule has 0 unspecified atom stereocenters. The molecule has 0 aliphatic carbocycles. The predicted octanol–water partition coefficient (Wildman–Crippen LogP) is 4.31. The van der Waals surface area contributed by atoms with Gasteiger partial charge in [0.25, 0.3) is 0 Å². The van der Waals surface area contributed by atoms with Gasteiger partial charge in [-0.2, -0.15) is 0 Å². The Hall–Kier alpha value is -1.98. The molecule has 0 amide bonds. The highest BCUT2D eigenvalue weighted by molar-refractivity contribution is 7.14. The van der Waals surface area contributed by atoms with Crippen molar-refractivity contribution < 1.29 is 9.26 Å². The Bertz CT molecular complexity index is 751. The minimum Gasteiger partial charge on any atom is -0.495 e. The lowest BCUT2D eigenvalue weighted by atomic mass is 10.0. The quantitative estimate of drug-likeness (QED) is 0.783. The van der Waals surface area contributed by atoms with E-state index in [4.69, 9.17) is 26.6 Å². The summed E-state index contributed by atoms with van der Waals surface area (Å²) in [7, 11) is 1.61. The summed E-state index contributed by atoms with van der Waals surface area (Å²) in [4.78, 5) is 0.839. The van der Waals surface area contributed by atoms with Gasteiger partial charge in [0.2, 0.25) is 0 Å². The van der Waals surface area contributed by atoms with E-state index in [1.807, 2.05) is 29.6 Å². The first-order chi connectivity index (χ1) is 9.72. The van der Waals surface area contributed by atoms with Crippen molar-refractivity contribution in [1.82, 2.24) is 5.16 Å². The molecular weight excluding hydrogens is 296 g/mol. The summed E-state index contributed by atoms with van der Waals surface area (Å²) >= 11 is 7.74. The van der Waals surface area contributed by atoms with Crippen LogP contribution in [0.2, 0.25) is 5.02 Å². The topological polar surface area (TPSA) is 61.3 Å². The lowest BCUT2D eigenvalue weighted by Crippen LogP contribution is -1.89. The van der Waals surface area contributed by atoms with Crippen LogP contribution in [0, 0.1) is 0 Å². The van der Waals surface area contributed by atoms with Crippen molar-refractivity contribution in [2.24, 2.45) is 0 Å². The number of methoxy groups -OCH3 is 1. The van der Waals surface area contributed by atoms with Crippen molar-refractivity contribution in [3.05, 3.63) is 40.7 Å². The van der Waals surface area contributed by atoms with Crippen molar-refractivity contribution in [2.45, 2.75) is 0 Å². The van der Waals surface area contributed by atoms with E-state index in [2.05, 4.69) is 5.16 Å². The normalized spacial score (nSPS) is 10.7. The van der Waals surface area contributed by atoms with Gasteiger partial charge in [0.15, 0.2) is 11.6 Å². The van der Waals surface area contributed by atoms with Crippen LogP contribution >= 0.6 is 22.9 Å². The second-order valence-corrected chi connectivity index (χ2v) is 5.39. The van der Waals surface area contributed by atoms with E-state index in [0.29, 0.717) is 22.2 Å². The molecule has 0 saturated carbocycles. The summed E-state index contributed by atoms with van der Waals surface area (Å²) in [6, 6.07) is 9.31. The van der Waals surface area contributed by atoms with Gasteiger partial charge in [0.05, 0.1) is 12.7 Å². The van der Waals surface area contributed by atoms with Gasteiger partial charge >= 0.3 is 0 Å². The van der Waals surface area contributed by atoms with Crippen LogP contribution < -0.4 is 10.5 Å². The van der Waals surface area contributed by atoms with Gasteiger partial charge in [-0.3, -0.25) is 0 Å². The molecule has 1 aromatic carbocycles. The summed E-state index contributed by atoms with van der Waals surface area (Å²) in [6.07, 6.45) is 0. The zero-order chi connectivity index (χ0) is 14.1. The average molecular weight is 307 g/mol. The second-order valence-electron chi connectivity index (χ2n) is 4.07. The van der Waals surface area contributed by atoms with E-state index >= 15 is 0 Å². The molecule has 2 heterocycles. The highest BCUT2D eigenvalue weighted by Gasteiger charge is 2.23. The van der Waals surface area contributed by atoms with Crippen molar-refractivity contribution in [3.8, 4) is 27.5 Å². The largest absolute Gasteiger partial charge is 0.495 e. The molecule has 0 bridgehead atoms. The van der Waals surface area contributed by atoms with Crippen molar-refractivity contribution in [3.63, 3.8) is 0 Å². The highest BCUT2D eigenvalue weighted by atomic mass is 35.5. The maximum atomic E-state index is 6.24. The minimum absolute atomic E-state index is 0.309. The zero-order valence-corrected chi connectivity index (χ0v) is 12.2. The number of hydrogen-bond donors (Lipinski definition) is 1. The molecule has 4 nitrogen and oxygen atoms in total. The number of nitrogen functional groups attached to an aromatic ring is 1. The van der Waals surface area contributed by atoms with Crippen molar-refractivity contribution in [1.29, 1.82) is 0 Å². The molecule has 6 heteroatoms. The molecule has 2 N–H and O–H groups in total. The summed E-state index contributed by atoms with van der Waals surface area (Å²) in [5, 5.41) is 6.38. The highest BCUT2D eigenvalue weighted by Crippen LogP contribution is 2.44. The maximum absolute atomic E-state index is 6.24. The summed E-state index contributed by atoms with van der Waals surface area (Å²) in [5.74, 6) is 1.60. The van der Waals surface area contributed by atoms with Gasteiger partial charge in [-0.1, -0.05) is 35.0 Å². The minimum atomic E-state index is 0.309. The number of ether oxygens (including phenoxy) is 1. The third kappa shape index (κ3) is 2.05. The molecule has 0 radical (unpaired) electrons. The number of benzene rings is 1. The molecule has 20 heavy (non-hydrogen) atoms. The van der Waals surface area contributed by atoms with Crippen molar-refractivity contribution >= 4 is 28.8 Å². The SMILES string of the molecule is COc1ccsc1-c1onc(N)c1-c1ccccc1Cl. The first-order valence-corrected chi connectivity index (χ1v) is 7.10. The van der Waals surface area contributed by atoms with E-state index in [1.54, 1.807) is 13.2 Å². The standard InChI is InChI=1S/C14H11ClN2O2S/c1-18-10-6-7-20-13(10)12-11(14(16)17-19-12)8-4-2-3-5-9(8)15/h2-7H,1H3,(H2,16,17). The molecule has 0 aliphatic heterocycles. The molecule has 0 fully saturated rings. The van der Waals surface area contributed by atoms with Gasteiger partial charge in [-0.15, -0.1) is 11.3 Å². The van der Waals surface area contributed by atoms with E-state index in [1.165, 1.54) is 11.3 Å². The van der Waals surface area contributed by atoms with Crippen molar-refractivity contribution in [2.75, 3.05) is 12.8 Å². The molecule has 0 atom stereocenters. The van der Waals surface area contributed by atoms with Crippen LogP contribution in [0.5, 0.6) is 5.75 Å². The van der Waals surface area contributed by atoms with Gasteiger partial charge < -0.3 is 15.0 Å². The second kappa shape index (κ2) is 5.19. The Morgan fingerprint density at radius 1 is 1.30 bits per heavy atom. The average Bonchev–Trinajstić information content (AvgIpc) is 3.05. The first-order valence-electron chi connectivity index (χ1n) is 5.84. The van der Waals surface area contributed by atoms with Crippen LogP contribution in [0.3, 0.4) is 0 Å². The van der Waals surface area contributed by atoms with Crippen LogP contribution in [-0.2, 0) is 0 Å². The molecule has 2 aromatic heterocycles. The first kappa shape index (κ1) is 13.0. The lowest BCUT2D eigenvalue weighted by molar-refractivity contribution is 0.409. The van der Waals surface area contributed by atoms with E-state index in [-0.39, 0.29) is 0 Å². The number of halogens is 1. The van der Waals surface area contributed by atoms with Crippen LogP contribution in [0.1, 0.15) is 0 Å². The Labute approximate surface area is 124 Å². The monoisotopic (exact) mass is 306 g/mol. The van der Waals surface area contributed by atoms with Crippen LogP contribution in [0.25, 0.3) is 21.8 Å². The number of thiophene rings is 1. The number of nitrogens with two attached hydrogens (primary N) is 1. The molecular formula is C14H11ClN2O2S. The van der Waals surface area contributed by atoms with Crippen LogP contribution in [0.15, 0.2) is 40.2 Å². The number of rotatable bonds is 3. The third-order valence-corrected chi connectivity index (χ3v) is 4.14. The molecule has 0 aliphatic rings. The number of aromatic nitrogens is 1. The van der Waals surface area contributed by atoms with Crippen LogP contribution in [0.4, 0.5) is 5.82 Å². The van der Waals surface area contributed by atoms with Gasteiger partial charge in [0.1, 0.15) is 10.6 Å². The predicted molar refractivity (Wildman–Crippen MR) is 81.2 cm³/mol. The lowest BCUT2D eigenvalue weighted by Gasteiger charge is -2.05. The maximum Gasteiger partial charge on any atom is 0.190 e. The van der Waals surface area contributed by atoms with E-state index < -0.39 is 0 Å². The molecule has 0 saturated heterocycles. The number of hydrogen-bond acceptors (Lipinski definition) is 5. The number of anilines is 1. The number of nitrogens with zero attached hydrogens (tertiary/aromatic N) is 1. The third-order valence-electron chi connectivity index (χ3n) is 2.92. The van der Waals surface area contributed by atoms with Crippen LogP contribution in [-0.4, -0.2) is 12.3 Å². The fourth-order valence-corrected chi connectivity index (χ4v) is 3.08. The Morgan fingerprint density at radius 2 is 2.10 bits per heavy atom.